The first kappa shape index (κ1) is 21.4. The highest BCUT2D eigenvalue weighted by Crippen LogP contribution is 2.39. The number of ketones is 1. The Morgan fingerprint density at radius 1 is 1.29 bits per heavy atom. The molecule has 0 N–H and O–H groups in total. The van der Waals surface area contributed by atoms with E-state index in [-0.39, 0.29) is 24.9 Å². The molecule has 0 bridgehead atoms. The van der Waals surface area contributed by atoms with Gasteiger partial charge < -0.3 is 23.7 Å². The number of aryl methyl sites for hydroxylation is 1. The number of allylic oxidation sites excluding steroid dienone is 1. The topological polar surface area (TPSA) is 80.3 Å². The largest absolute Gasteiger partial charge is 0.479 e. The van der Waals surface area contributed by atoms with Crippen molar-refractivity contribution in [2.45, 2.75) is 33.5 Å². The molecule has 7 nitrogen and oxygen atoms in total. The summed E-state index contributed by atoms with van der Waals surface area (Å²) in [5.41, 5.74) is 2.76. The molecule has 2 aromatic rings. The van der Waals surface area contributed by atoms with Gasteiger partial charge in [0.1, 0.15) is 17.2 Å². The summed E-state index contributed by atoms with van der Waals surface area (Å²) in [4.78, 5) is 24.9. The van der Waals surface area contributed by atoms with E-state index in [1.165, 1.54) is 0 Å². The van der Waals surface area contributed by atoms with Crippen molar-refractivity contribution in [3.05, 3.63) is 56.8 Å². The van der Waals surface area contributed by atoms with E-state index in [4.69, 9.17) is 23.7 Å². The number of carbonyl (C=O) groups is 2. The van der Waals surface area contributed by atoms with Gasteiger partial charge in [-0.15, -0.1) is 0 Å². The fraction of sp³-hybridized carbons (Fsp3) is 0.304. The Bertz CT molecular complexity index is 1090. The number of ether oxygens (including phenoxy) is 5. The molecule has 0 fully saturated rings. The van der Waals surface area contributed by atoms with Crippen LogP contribution in [0.2, 0.25) is 0 Å². The maximum absolute atomic E-state index is 13.0. The van der Waals surface area contributed by atoms with E-state index in [1.807, 2.05) is 12.1 Å². The summed E-state index contributed by atoms with van der Waals surface area (Å²) >= 11 is 3.48. The number of carbonyl (C=O) groups excluding carboxylic acids is 2. The van der Waals surface area contributed by atoms with Gasteiger partial charge in [0.15, 0.2) is 18.7 Å². The van der Waals surface area contributed by atoms with Gasteiger partial charge in [0.05, 0.1) is 18.8 Å². The lowest BCUT2D eigenvalue weighted by Gasteiger charge is -2.20. The van der Waals surface area contributed by atoms with Crippen LogP contribution in [-0.4, -0.2) is 31.3 Å². The van der Waals surface area contributed by atoms with Gasteiger partial charge in [0.25, 0.3) is 0 Å². The Hall–Kier alpha value is -2.84. The molecule has 1 atom stereocenters. The predicted octanol–water partition coefficient (Wildman–Crippen LogP) is 4.57. The second-order valence-electron chi connectivity index (χ2n) is 7.16. The van der Waals surface area contributed by atoms with Gasteiger partial charge in [-0.2, -0.15) is 0 Å². The summed E-state index contributed by atoms with van der Waals surface area (Å²) in [5, 5.41) is 0. The fourth-order valence-corrected chi connectivity index (χ4v) is 4.04. The van der Waals surface area contributed by atoms with Crippen LogP contribution in [0.3, 0.4) is 0 Å². The Morgan fingerprint density at radius 2 is 2.10 bits per heavy atom. The smallest absolute Gasteiger partial charge is 0.347 e. The van der Waals surface area contributed by atoms with E-state index in [1.54, 1.807) is 39.0 Å². The molecule has 4 rings (SSSR count). The zero-order valence-corrected chi connectivity index (χ0v) is 18.9. The van der Waals surface area contributed by atoms with Crippen molar-refractivity contribution in [1.82, 2.24) is 0 Å². The van der Waals surface area contributed by atoms with Gasteiger partial charge in [-0.3, -0.25) is 4.79 Å². The number of fused-ring (bicyclic) bond motifs is 2. The third kappa shape index (κ3) is 4.31. The number of rotatable bonds is 5. The number of hydrogen-bond donors (Lipinski definition) is 0. The first-order valence-electron chi connectivity index (χ1n) is 9.82. The van der Waals surface area contributed by atoms with E-state index in [0.29, 0.717) is 40.5 Å². The molecule has 2 aliphatic heterocycles. The van der Waals surface area contributed by atoms with Crippen molar-refractivity contribution in [1.29, 1.82) is 0 Å². The molecule has 31 heavy (non-hydrogen) atoms. The first-order valence-corrected chi connectivity index (χ1v) is 10.6. The van der Waals surface area contributed by atoms with Crippen molar-refractivity contribution >= 4 is 33.8 Å². The highest BCUT2D eigenvalue weighted by Gasteiger charge is 2.31. The van der Waals surface area contributed by atoms with Crippen LogP contribution in [-0.2, 0) is 20.9 Å². The number of esters is 1. The van der Waals surface area contributed by atoms with Gasteiger partial charge in [-0.1, -0.05) is 15.9 Å². The number of hydrogen-bond acceptors (Lipinski definition) is 7. The van der Waals surface area contributed by atoms with Crippen molar-refractivity contribution in [3.63, 3.8) is 0 Å². The second-order valence-corrected chi connectivity index (χ2v) is 8.07. The lowest BCUT2D eigenvalue weighted by Crippen LogP contribution is -2.26. The summed E-state index contributed by atoms with van der Waals surface area (Å²) in [6.07, 6.45) is 0.885. The summed E-state index contributed by atoms with van der Waals surface area (Å²) in [5.74, 6) is 0.976. The molecule has 8 heteroatoms. The molecule has 162 valence electrons. The van der Waals surface area contributed by atoms with Gasteiger partial charge in [0.2, 0.25) is 5.78 Å². The zero-order valence-electron chi connectivity index (χ0n) is 17.3. The van der Waals surface area contributed by atoms with Crippen LogP contribution in [0.15, 0.2) is 34.5 Å². The average Bonchev–Trinajstić information content (AvgIpc) is 3.03. The van der Waals surface area contributed by atoms with Crippen LogP contribution < -0.4 is 14.2 Å². The minimum Gasteiger partial charge on any atom is -0.479 e. The maximum Gasteiger partial charge on any atom is 0.347 e. The molecule has 2 aliphatic rings. The molecule has 2 aromatic carbocycles. The average molecular weight is 489 g/mol. The quantitative estimate of drug-likeness (QED) is 0.450. The van der Waals surface area contributed by atoms with E-state index in [9.17, 15) is 9.59 Å². The third-order valence-corrected chi connectivity index (χ3v) is 5.32. The predicted molar refractivity (Wildman–Crippen MR) is 115 cm³/mol. The van der Waals surface area contributed by atoms with E-state index in [2.05, 4.69) is 15.9 Å². The maximum atomic E-state index is 13.0. The number of halogens is 1. The van der Waals surface area contributed by atoms with Crippen LogP contribution in [0.25, 0.3) is 6.08 Å². The van der Waals surface area contributed by atoms with Gasteiger partial charge in [-0.25, -0.2) is 4.79 Å². The number of benzene rings is 2. The van der Waals surface area contributed by atoms with Gasteiger partial charge in [-0.05, 0) is 50.6 Å². The lowest BCUT2D eigenvalue weighted by molar-refractivity contribution is -0.150. The molecule has 0 aromatic heterocycles. The minimum atomic E-state index is -0.780. The molecule has 0 radical (unpaired) electrons. The summed E-state index contributed by atoms with van der Waals surface area (Å²) in [6, 6.07) is 7.10. The molecule has 0 saturated heterocycles. The summed E-state index contributed by atoms with van der Waals surface area (Å²) in [6.45, 7) is 6.00. The minimum absolute atomic E-state index is 0.151. The first-order chi connectivity index (χ1) is 14.9. The van der Waals surface area contributed by atoms with Crippen LogP contribution in [0.5, 0.6) is 17.2 Å². The van der Waals surface area contributed by atoms with Crippen LogP contribution in [0.4, 0.5) is 0 Å². The molecule has 0 spiro atoms. The van der Waals surface area contributed by atoms with Crippen LogP contribution in [0, 0.1) is 6.92 Å². The Balaban J connectivity index is 1.63. The molecule has 0 saturated carbocycles. The highest BCUT2D eigenvalue weighted by molar-refractivity contribution is 9.10. The standard InChI is InChI=1S/C23H21BrO7/c1-4-28-23(26)13(3)30-17-5-12(2)20-18(9-17)31-19(21(20)25)8-14-6-16(24)7-15-10-27-11-29-22(14)15/h5-9,13H,4,10-11H2,1-3H3/b19-8-. The van der Waals surface area contributed by atoms with Crippen LogP contribution in [0.1, 0.15) is 40.9 Å². The monoisotopic (exact) mass is 488 g/mol. The second kappa shape index (κ2) is 8.72. The normalized spacial score (nSPS) is 16.8. The van der Waals surface area contributed by atoms with E-state index < -0.39 is 12.1 Å². The van der Waals surface area contributed by atoms with Crippen molar-refractivity contribution in [3.8, 4) is 17.2 Å². The van der Waals surface area contributed by atoms with Crippen LogP contribution >= 0.6 is 15.9 Å². The molecule has 2 heterocycles. The Kier molecular flexibility index (Phi) is 6.02. The highest BCUT2D eigenvalue weighted by atomic mass is 79.9. The van der Waals surface area contributed by atoms with Crippen molar-refractivity contribution < 1.29 is 33.3 Å². The van der Waals surface area contributed by atoms with Gasteiger partial charge in [0, 0.05) is 21.7 Å². The van der Waals surface area contributed by atoms with Crippen molar-refractivity contribution in [2.75, 3.05) is 13.4 Å². The van der Waals surface area contributed by atoms with E-state index >= 15 is 0 Å². The molecular formula is C23H21BrO7. The van der Waals surface area contributed by atoms with E-state index in [0.717, 1.165) is 10.0 Å². The summed E-state index contributed by atoms with van der Waals surface area (Å²) < 4.78 is 28.4. The summed E-state index contributed by atoms with van der Waals surface area (Å²) in [7, 11) is 0. The lowest BCUT2D eigenvalue weighted by atomic mass is 10.0. The SMILES string of the molecule is CCOC(=O)C(C)Oc1cc(C)c2c(c1)O/C(=C\c1cc(Br)cc3c1OCOC3)C2=O. The molecular weight excluding hydrogens is 468 g/mol. The Morgan fingerprint density at radius 3 is 2.87 bits per heavy atom. The molecule has 1 unspecified atom stereocenters. The molecule has 0 aliphatic carbocycles. The zero-order chi connectivity index (χ0) is 22.1. The fourth-order valence-electron chi connectivity index (χ4n) is 3.51. The van der Waals surface area contributed by atoms with Crippen molar-refractivity contribution in [2.24, 2.45) is 0 Å². The third-order valence-electron chi connectivity index (χ3n) is 4.87. The Labute approximate surface area is 188 Å². The molecule has 0 amide bonds. The number of Topliss-reactive ketones (excluding diaryl/α,β-unsaturated/α-hetero) is 1. The van der Waals surface area contributed by atoms with Gasteiger partial charge >= 0.3 is 5.97 Å².